The van der Waals surface area contributed by atoms with Crippen molar-refractivity contribution in [1.29, 1.82) is 0 Å². The minimum Gasteiger partial charge on any atom is -0.504 e. The van der Waals surface area contributed by atoms with E-state index in [9.17, 15) is 20.4 Å². The fourth-order valence-electron chi connectivity index (χ4n) is 2.37. The summed E-state index contributed by atoms with van der Waals surface area (Å²) in [5, 5.41) is 57.2. The summed E-state index contributed by atoms with van der Waals surface area (Å²) in [7, 11) is 0. The lowest BCUT2D eigenvalue weighted by molar-refractivity contribution is -0.231. The van der Waals surface area contributed by atoms with Crippen molar-refractivity contribution in [2.45, 2.75) is 30.5 Å². The Bertz CT molecular complexity index is 508. The third-order valence-corrected chi connectivity index (χ3v) is 3.61. The largest absolute Gasteiger partial charge is 0.504 e. The minimum atomic E-state index is -1.98. The van der Waals surface area contributed by atoms with Crippen LogP contribution in [0.5, 0.6) is 11.5 Å². The second kappa shape index (κ2) is 6.78. The van der Waals surface area contributed by atoms with Gasteiger partial charge >= 0.3 is 0 Å². The van der Waals surface area contributed by atoms with Gasteiger partial charge in [0.15, 0.2) is 11.5 Å². The number of hydrogen-bond donors (Lipinski definition) is 6. The van der Waals surface area contributed by atoms with Gasteiger partial charge < -0.3 is 40.1 Å². The maximum Gasteiger partial charge on any atom is 0.263 e. The molecule has 0 saturated carbocycles. The zero-order valence-electron chi connectivity index (χ0n) is 11.8. The Kier molecular flexibility index (Phi) is 5.22. The molecule has 0 aliphatic carbocycles. The molecule has 0 unspecified atom stereocenters. The van der Waals surface area contributed by atoms with Gasteiger partial charge in [0.05, 0.1) is 6.61 Å². The molecule has 4 atom stereocenters. The molecule has 0 amide bonds. The molecule has 0 spiro atoms. The van der Waals surface area contributed by atoms with Crippen molar-refractivity contribution in [3.63, 3.8) is 0 Å². The number of ether oxygens (including phenoxy) is 2. The van der Waals surface area contributed by atoms with Crippen LogP contribution in [0.3, 0.4) is 0 Å². The molecule has 1 aromatic carbocycles. The summed E-state index contributed by atoms with van der Waals surface area (Å²) in [5.41, 5.74) is 0.673. The van der Waals surface area contributed by atoms with E-state index in [-0.39, 0.29) is 18.1 Å². The first-order valence-corrected chi connectivity index (χ1v) is 6.85. The predicted octanol–water partition coefficient (Wildman–Crippen LogP) is -1.89. The number of hydrogen-bond acceptors (Lipinski definition) is 8. The first-order valence-electron chi connectivity index (χ1n) is 6.85. The van der Waals surface area contributed by atoms with Gasteiger partial charge in [-0.15, -0.1) is 0 Å². The normalized spacial score (nSPS) is 31.4. The van der Waals surface area contributed by atoms with E-state index in [1.54, 1.807) is 6.07 Å². The third kappa shape index (κ3) is 3.02. The van der Waals surface area contributed by atoms with E-state index in [0.717, 1.165) is 0 Å². The molecule has 0 radical (unpaired) electrons. The molecule has 1 fully saturated rings. The monoisotopic (exact) mass is 316 g/mol. The Labute approximate surface area is 126 Å². The summed E-state index contributed by atoms with van der Waals surface area (Å²) in [5.74, 6) is -2.32. The number of aliphatic hydroxyl groups excluding tert-OH is 5. The molecule has 8 nitrogen and oxygen atoms in total. The van der Waals surface area contributed by atoms with Crippen LogP contribution in [0.15, 0.2) is 18.2 Å². The Morgan fingerprint density at radius 3 is 2.41 bits per heavy atom. The molecular formula is C14H20O8. The van der Waals surface area contributed by atoms with Crippen molar-refractivity contribution in [2.24, 2.45) is 0 Å². The molecule has 0 aromatic heterocycles. The van der Waals surface area contributed by atoms with Gasteiger partial charge in [-0.2, -0.15) is 0 Å². The number of phenols is 1. The Morgan fingerprint density at radius 2 is 1.91 bits per heavy atom. The van der Waals surface area contributed by atoms with Gasteiger partial charge in [0.25, 0.3) is 5.79 Å². The van der Waals surface area contributed by atoms with Gasteiger partial charge in [0.2, 0.25) is 0 Å². The number of benzene rings is 1. The van der Waals surface area contributed by atoms with E-state index in [2.05, 4.69) is 0 Å². The van der Waals surface area contributed by atoms with Gasteiger partial charge in [-0.1, -0.05) is 6.07 Å². The summed E-state index contributed by atoms with van der Waals surface area (Å²) in [6.45, 7) is -1.43. The molecule has 1 aliphatic rings. The average molecular weight is 316 g/mol. The summed E-state index contributed by atoms with van der Waals surface area (Å²) in [6, 6.07) is 4.36. The number of aromatic hydroxyl groups is 1. The van der Waals surface area contributed by atoms with Crippen molar-refractivity contribution < 1.29 is 40.1 Å². The number of phenolic OH excluding ortho intramolecular Hbond substituents is 1. The van der Waals surface area contributed by atoms with Crippen molar-refractivity contribution in [2.75, 3.05) is 19.8 Å². The average Bonchev–Trinajstić information content (AvgIpc) is 2.75. The van der Waals surface area contributed by atoms with Crippen LogP contribution in [0.2, 0.25) is 0 Å². The second-order valence-electron chi connectivity index (χ2n) is 5.12. The molecule has 22 heavy (non-hydrogen) atoms. The van der Waals surface area contributed by atoms with E-state index < -0.39 is 37.3 Å². The van der Waals surface area contributed by atoms with Crippen molar-refractivity contribution in [3.8, 4) is 11.5 Å². The third-order valence-electron chi connectivity index (χ3n) is 3.61. The van der Waals surface area contributed by atoms with E-state index >= 15 is 0 Å². The van der Waals surface area contributed by atoms with Crippen LogP contribution in [0, 0.1) is 0 Å². The van der Waals surface area contributed by atoms with Gasteiger partial charge in [-0.05, 0) is 24.1 Å². The first kappa shape index (κ1) is 16.9. The molecule has 0 bridgehead atoms. The summed E-state index contributed by atoms with van der Waals surface area (Å²) in [4.78, 5) is 0. The highest BCUT2D eigenvalue weighted by Gasteiger charge is 2.56. The molecule has 1 heterocycles. The molecule has 1 aliphatic heterocycles. The topological polar surface area (TPSA) is 140 Å². The first-order chi connectivity index (χ1) is 10.5. The van der Waals surface area contributed by atoms with Gasteiger partial charge in [0, 0.05) is 6.61 Å². The van der Waals surface area contributed by atoms with Crippen LogP contribution in [0.4, 0.5) is 0 Å². The second-order valence-corrected chi connectivity index (χ2v) is 5.12. The van der Waals surface area contributed by atoms with Crippen LogP contribution in [-0.4, -0.2) is 74.6 Å². The molecule has 6 N–H and O–H groups in total. The van der Waals surface area contributed by atoms with Crippen molar-refractivity contribution >= 4 is 0 Å². The number of aliphatic hydroxyl groups is 5. The van der Waals surface area contributed by atoms with E-state index in [1.165, 1.54) is 12.1 Å². The Hall–Kier alpha value is -1.42. The molecule has 1 saturated heterocycles. The zero-order valence-corrected chi connectivity index (χ0v) is 11.8. The fourth-order valence-corrected chi connectivity index (χ4v) is 2.37. The predicted molar refractivity (Wildman–Crippen MR) is 73.3 cm³/mol. The fraction of sp³-hybridized carbons (Fsp3) is 0.571. The maximum absolute atomic E-state index is 10.0. The van der Waals surface area contributed by atoms with Crippen LogP contribution in [0.1, 0.15) is 5.56 Å². The van der Waals surface area contributed by atoms with E-state index in [4.69, 9.17) is 19.7 Å². The number of rotatable bonds is 6. The summed E-state index contributed by atoms with van der Waals surface area (Å²) >= 11 is 0. The smallest absolute Gasteiger partial charge is 0.263 e. The van der Waals surface area contributed by atoms with Crippen molar-refractivity contribution in [3.05, 3.63) is 23.8 Å². The van der Waals surface area contributed by atoms with Gasteiger partial charge in [-0.3, -0.25) is 0 Å². The lowest BCUT2D eigenvalue weighted by atomic mass is 10.1. The standard InChI is InChI=1S/C14H20O8/c15-4-3-8-1-2-10(9(18)5-8)21-14(7-17)13(20)12(19)11(6-16)22-14/h1-2,5,11-13,15-20H,3-4,6-7H2/t11-,12-,13+,14-/m1/s1. The quantitative estimate of drug-likeness (QED) is 0.358. The highest BCUT2D eigenvalue weighted by molar-refractivity contribution is 5.42. The van der Waals surface area contributed by atoms with Crippen LogP contribution < -0.4 is 4.74 Å². The lowest BCUT2D eigenvalue weighted by Gasteiger charge is -2.31. The summed E-state index contributed by atoms with van der Waals surface area (Å²) < 4.78 is 10.6. The Morgan fingerprint density at radius 1 is 1.18 bits per heavy atom. The summed E-state index contributed by atoms with van der Waals surface area (Å²) in [6.07, 6.45) is -3.80. The van der Waals surface area contributed by atoms with Gasteiger partial charge in [0.1, 0.15) is 24.9 Å². The molecule has 2 rings (SSSR count). The highest BCUT2D eigenvalue weighted by Crippen LogP contribution is 2.37. The zero-order chi connectivity index (χ0) is 16.3. The maximum atomic E-state index is 10.0. The van der Waals surface area contributed by atoms with Crippen LogP contribution in [0.25, 0.3) is 0 Å². The molecule has 1 aromatic rings. The molecular weight excluding hydrogens is 296 g/mol. The van der Waals surface area contributed by atoms with Crippen molar-refractivity contribution in [1.82, 2.24) is 0 Å². The van der Waals surface area contributed by atoms with Crippen LogP contribution in [-0.2, 0) is 11.2 Å². The molecule has 8 heteroatoms. The van der Waals surface area contributed by atoms with E-state index in [0.29, 0.717) is 12.0 Å². The van der Waals surface area contributed by atoms with Crippen LogP contribution >= 0.6 is 0 Å². The van der Waals surface area contributed by atoms with E-state index in [1.807, 2.05) is 0 Å². The Balaban J connectivity index is 2.24. The minimum absolute atomic E-state index is 0.0689. The lowest BCUT2D eigenvalue weighted by Crippen LogP contribution is -2.51. The highest BCUT2D eigenvalue weighted by atomic mass is 16.7. The SMILES string of the molecule is OCCc1ccc(O[C@]2(CO)O[C@H](CO)[C@@H](O)[C@@H]2O)c(O)c1. The molecule has 124 valence electrons. The van der Waals surface area contributed by atoms with Gasteiger partial charge in [-0.25, -0.2) is 0 Å².